The largest absolute Gasteiger partial charge is 0.458 e. The van der Waals surface area contributed by atoms with Gasteiger partial charge in [0.25, 0.3) is 0 Å². The topological polar surface area (TPSA) is 59.3 Å². The summed E-state index contributed by atoms with van der Waals surface area (Å²) in [6, 6.07) is 6.95. The highest BCUT2D eigenvalue weighted by atomic mass is 16.7. The molecule has 3 fully saturated rings. The molecule has 0 amide bonds. The van der Waals surface area contributed by atoms with Gasteiger partial charge in [0.05, 0.1) is 22.8 Å². The molecule has 170 valence electrons. The van der Waals surface area contributed by atoms with Crippen molar-refractivity contribution in [1.29, 1.82) is 5.26 Å². The van der Waals surface area contributed by atoms with Crippen LogP contribution in [0.3, 0.4) is 0 Å². The molecule has 4 nitrogen and oxygen atoms in total. The molecular formula is C27H36BNO3. The van der Waals surface area contributed by atoms with Crippen LogP contribution < -0.4 is 0 Å². The van der Waals surface area contributed by atoms with Crippen molar-refractivity contribution in [1.82, 2.24) is 0 Å². The minimum Gasteiger partial charge on any atom is -0.403 e. The van der Waals surface area contributed by atoms with Gasteiger partial charge in [0.1, 0.15) is 5.78 Å². The predicted octanol–water partition coefficient (Wildman–Crippen LogP) is 5.62. The Labute approximate surface area is 193 Å². The van der Waals surface area contributed by atoms with E-state index < -0.39 is 0 Å². The van der Waals surface area contributed by atoms with Crippen LogP contribution in [-0.4, -0.2) is 24.1 Å². The zero-order valence-electron chi connectivity index (χ0n) is 20.3. The monoisotopic (exact) mass is 433 g/mol. The molecule has 5 rings (SSSR count). The van der Waals surface area contributed by atoms with Crippen molar-refractivity contribution in [3.63, 3.8) is 0 Å². The summed E-state index contributed by atoms with van der Waals surface area (Å²) >= 11 is 0. The fraction of sp³-hybridized carbons (Fsp3) is 0.704. The number of aryl methyl sites for hydroxylation is 2. The Balaban J connectivity index is 1.36. The van der Waals surface area contributed by atoms with Crippen LogP contribution in [0.1, 0.15) is 94.9 Å². The number of nitrogens with zero attached hydrogens (tertiary/aromatic N) is 1. The molecule has 0 aromatic heterocycles. The number of benzene rings is 1. The van der Waals surface area contributed by atoms with Gasteiger partial charge in [-0.25, -0.2) is 0 Å². The number of nitriles is 1. The molecule has 1 heterocycles. The van der Waals surface area contributed by atoms with E-state index in [2.05, 4.69) is 52.8 Å². The molecule has 5 heteroatoms. The number of Topliss-reactive ketones (excluding diaryl/α,β-unsaturated/α-hetero) is 1. The van der Waals surface area contributed by atoms with Gasteiger partial charge in [0, 0.05) is 11.8 Å². The molecule has 4 atom stereocenters. The third-order valence-corrected chi connectivity index (χ3v) is 9.73. The maximum absolute atomic E-state index is 12.6. The van der Waals surface area contributed by atoms with E-state index in [4.69, 9.17) is 9.31 Å². The molecule has 2 saturated carbocycles. The van der Waals surface area contributed by atoms with Crippen molar-refractivity contribution in [3.05, 3.63) is 34.4 Å². The third kappa shape index (κ3) is 3.29. The number of fused-ring (bicyclic) bond motifs is 5. The summed E-state index contributed by atoms with van der Waals surface area (Å²) in [5.41, 5.74) is 3.99. The van der Waals surface area contributed by atoms with Crippen LogP contribution in [0.2, 0.25) is 6.32 Å². The van der Waals surface area contributed by atoms with Crippen molar-refractivity contribution in [3.8, 4) is 6.07 Å². The molecule has 1 aromatic rings. The number of rotatable bonds is 3. The zero-order chi connectivity index (χ0) is 22.9. The molecule has 0 N–H and O–H groups in total. The Bertz CT molecular complexity index is 977. The first-order valence-electron chi connectivity index (χ1n) is 12.5. The standard InChI is InChI=1S/C27H36BNO3/c1-25(2)26(3,4)32-28(31-25)13-11-17-14-18-6-7-21-20(22(18)15-19(17)16-29)10-12-27(5)23(21)8-9-24(27)30/h14-15,20-21,23H,6-13H2,1-5H3/t20-,21+,23-,27-/m0/s1. The normalized spacial score (nSPS) is 34.6. The second-order valence-electron chi connectivity index (χ2n) is 11.9. The van der Waals surface area contributed by atoms with Crippen LogP contribution in [-0.2, 0) is 26.9 Å². The van der Waals surface area contributed by atoms with E-state index in [1.807, 2.05) is 0 Å². The lowest BCUT2D eigenvalue weighted by atomic mass is 9.55. The van der Waals surface area contributed by atoms with Crippen molar-refractivity contribution >= 4 is 12.9 Å². The van der Waals surface area contributed by atoms with E-state index in [0.717, 1.165) is 56.0 Å². The summed E-state index contributed by atoms with van der Waals surface area (Å²) < 4.78 is 12.3. The van der Waals surface area contributed by atoms with Crippen molar-refractivity contribution < 1.29 is 14.1 Å². The average molecular weight is 433 g/mol. The molecule has 0 radical (unpaired) electrons. The molecule has 1 aromatic carbocycles. The minimum absolute atomic E-state index is 0.0977. The molecule has 3 aliphatic carbocycles. The van der Waals surface area contributed by atoms with E-state index in [1.54, 1.807) is 0 Å². The van der Waals surface area contributed by atoms with Gasteiger partial charge >= 0.3 is 7.12 Å². The third-order valence-electron chi connectivity index (χ3n) is 9.73. The Morgan fingerprint density at radius 2 is 1.78 bits per heavy atom. The Hall–Kier alpha value is -1.64. The van der Waals surface area contributed by atoms with Gasteiger partial charge in [-0.1, -0.05) is 13.0 Å². The first kappa shape index (κ1) is 22.2. The molecule has 0 spiro atoms. The highest BCUT2D eigenvalue weighted by molar-refractivity contribution is 6.45. The summed E-state index contributed by atoms with van der Waals surface area (Å²) in [5.74, 6) is 2.11. The van der Waals surface area contributed by atoms with Gasteiger partial charge in [-0.15, -0.1) is 0 Å². The maximum Gasteiger partial charge on any atom is 0.458 e. The Morgan fingerprint density at radius 1 is 1.06 bits per heavy atom. The van der Waals surface area contributed by atoms with E-state index in [9.17, 15) is 10.1 Å². The SMILES string of the molecule is CC1(C)OB(CCc2cc3c(cc2C#N)[C@H]2CC[C@]4(C)C(=O)CC[C@H]4[C@@H]2CC3)OC1(C)C. The van der Waals surface area contributed by atoms with Crippen LogP contribution >= 0.6 is 0 Å². The van der Waals surface area contributed by atoms with Crippen molar-refractivity contribution in [2.45, 2.75) is 103 Å². The summed E-state index contributed by atoms with van der Waals surface area (Å²) in [7, 11) is -0.233. The second kappa shape index (κ2) is 7.44. The molecule has 0 bridgehead atoms. The summed E-state index contributed by atoms with van der Waals surface area (Å²) in [6.07, 6.45) is 7.68. The highest BCUT2D eigenvalue weighted by Gasteiger charge is 2.54. The summed E-state index contributed by atoms with van der Waals surface area (Å²) in [6.45, 7) is 10.5. The van der Waals surface area contributed by atoms with Gasteiger partial charge in [-0.05, 0) is 113 Å². The Morgan fingerprint density at radius 3 is 2.47 bits per heavy atom. The minimum atomic E-state index is -0.322. The van der Waals surface area contributed by atoms with Gasteiger partial charge < -0.3 is 9.31 Å². The van der Waals surface area contributed by atoms with Gasteiger partial charge in [0.15, 0.2) is 0 Å². The number of ketones is 1. The van der Waals surface area contributed by atoms with E-state index in [-0.39, 0.29) is 23.7 Å². The first-order chi connectivity index (χ1) is 15.1. The van der Waals surface area contributed by atoms with Crippen LogP contribution in [0.5, 0.6) is 0 Å². The lowest BCUT2D eigenvalue weighted by Crippen LogP contribution is -2.42. The molecular weight excluding hydrogens is 397 g/mol. The van der Waals surface area contributed by atoms with Gasteiger partial charge in [-0.3, -0.25) is 4.79 Å². The first-order valence-corrected chi connectivity index (χ1v) is 12.5. The van der Waals surface area contributed by atoms with Crippen molar-refractivity contribution in [2.24, 2.45) is 17.3 Å². The number of carbonyl (C=O) groups excluding carboxylic acids is 1. The highest BCUT2D eigenvalue weighted by Crippen LogP contribution is 2.59. The Kier molecular flexibility index (Phi) is 5.15. The number of hydrogen-bond acceptors (Lipinski definition) is 4. The number of hydrogen-bond donors (Lipinski definition) is 0. The van der Waals surface area contributed by atoms with E-state index in [0.29, 0.717) is 23.5 Å². The van der Waals surface area contributed by atoms with Crippen molar-refractivity contribution in [2.75, 3.05) is 0 Å². The van der Waals surface area contributed by atoms with E-state index >= 15 is 0 Å². The fourth-order valence-corrected chi connectivity index (χ4v) is 7.11. The van der Waals surface area contributed by atoms with Gasteiger partial charge in [-0.2, -0.15) is 5.26 Å². The molecule has 4 aliphatic rings. The van der Waals surface area contributed by atoms with Crippen LogP contribution in [0.25, 0.3) is 0 Å². The lowest BCUT2D eigenvalue weighted by molar-refractivity contribution is -0.129. The summed E-state index contributed by atoms with van der Waals surface area (Å²) in [5, 5.41) is 9.94. The molecule has 1 aliphatic heterocycles. The smallest absolute Gasteiger partial charge is 0.403 e. The summed E-state index contributed by atoms with van der Waals surface area (Å²) in [4.78, 5) is 12.6. The number of carbonyl (C=O) groups is 1. The molecule has 1 saturated heterocycles. The zero-order valence-corrected chi connectivity index (χ0v) is 20.3. The lowest BCUT2D eigenvalue weighted by Gasteiger charge is -2.48. The molecule has 0 unspecified atom stereocenters. The fourth-order valence-electron chi connectivity index (χ4n) is 7.11. The quantitative estimate of drug-likeness (QED) is 0.581. The predicted molar refractivity (Wildman–Crippen MR) is 125 cm³/mol. The van der Waals surface area contributed by atoms with Crippen LogP contribution in [0.4, 0.5) is 0 Å². The van der Waals surface area contributed by atoms with Crippen LogP contribution in [0, 0.1) is 28.6 Å². The van der Waals surface area contributed by atoms with E-state index in [1.165, 1.54) is 17.5 Å². The van der Waals surface area contributed by atoms with Gasteiger partial charge in [0.2, 0.25) is 0 Å². The second-order valence-corrected chi connectivity index (χ2v) is 11.9. The molecule has 32 heavy (non-hydrogen) atoms. The maximum atomic E-state index is 12.6. The van der Waals surface area contributed by atoms with Crippen LogP contribution in [0.15, 0.2) is 12.1 Å². The average Bonchev–Trinajstić information content (AvgIpc) is 3.16.